The first-order valence-corrected chi connectivity index (χ1v) is 6.71. The van der Waals surface area contributed by atoms with Gasteiger partial charge in [-0.1, -0.05) is 42.5 Å². The predicted octanol–water partition coefficient (Wildman–Crippen LogP) is 1.91. The van der Waals surface area contributed by atoms with Crippen LogP contribution in [0.4, 0.5) is 0 Å². The minimum absolute atomic E-state index is 0.121. The van der Waals surface area contributed by atoms with E-state index in [1.807, 2.05) is 48.5 Å². The van der Waals surface area contributed by atoms with Gasteiger partial charge in [0.25, 0.3) is 0 Å². The molecule has 0 aliphatic heterocycles. The fourth-order valence-electron chi connectivity index (χ4n) is 2.28. The van der Waals surface area contributed by atoms with Crippen molar-refractivity contribution >= 4 is 5.97 Å². The number of carboxylic acids is 1. The van der Waals surface area contributed by atoms with Gasteiger partial charge in [0.1, 0.15) is 17.1 Å². The molecule has 0 amide bonds. The third-order valence-electron chi connectivity index (χ3n) is 3.30. The van der Waals surface area contributed by atoms with Crippen molar-refractivity contribution in [2.24, 2.45) is 0 Å². The van der Waals surface area contributed by atoms with Crippen LogP contribution in [0, 0.1) is 0 Å². The number of hydrogen-bond acceptors (Lipinski definition) is 4. The molecule has 0 aliphatic rings. The lowest BCUT2D eigenvalue weighted by atomic mass is 10.1. The maximum Gasteiger partial charge on any atom is 0.144 e. The van der Waals surface area contributed by atoms with E-state index in [0.29, 0.717) is 17.1 Å². The van der Waals surface area contributed by atoms with Crippen molar-refractivity contribution in [1.29, 1.82) is 0 Å². The number of carboxylic acid groups (broad SMARTS) is 1. The molecule has 22 heavy (non-hydrogen) atoms. The summed E-state index contributed by atoms with van der Waals surface area (Å²) in [5.74, 6) is -0.710. The van der Waals surface area contributed by atoms with Crippen LogP contribution in [-0.2, 0) is 0 Å². The molecule has 3 rings (SSSR count). The van der Waals surface area contributed by atoms with Crippen LogP contribution in [0.15, 0.2) is 60.7 Å². The molecule has 2 aromatic carbocycles. The van der Waals surface area contributed by atoms with Crippen LogP contribution < -0.4 is 9.84 Å². The first-order chi connectivity index (χ1) is 10.7. The van der Waals surface area contributed by atoms with Crippen molar-refractivity contribution in [1.82, 2.24) is 9.78 Å². The lowest BCUT2D eigenvalue weighted by Gasteiger charge is -2.11. The average molecular weight is 293 g/mol. The van der Waals surface area contributed by atoms with Crippen LogP contribution in [0.1, 0.15) is 10.5 Å². The smallest absolute Gasteiger partial charge is 0.144 e. The summed E-state index contributed by atoms with van der Waals surface area (Å²) in [6.07, 6.45) is 0. The number of ether oxygens (including phenoxy) is 1. The SMILES string of the molecule is COc1ccccc1-n1nc(C(=O)[O-])cc1-c1ccccc1. The van der Waals surface area contributed by atoms with Crippen LogP contribution in [0.3, 0.4) is 0 Å². The standard InChI is InChI=1S/C17H14N2O3/c1-22-16-10-6-5-9-14(16)19-15(11-13(18-19)17(20)21)12-7-3-2-4-8-12/h2-11H,1H3,(H,20,21)/p-1. The second-order valence-electron chi connectivity index (χ2n) is 4.65. The van der Waals surface area contributed by atoms with Crippen LogP contribution in [-0.4, -0.2) is 22.9 Å². The summed E-state index contributed by atoms with van der Waals surface area (Å²) in [5.41, 5.74) is 2.05. The molecule has 1 aromatic heterocycles. The molecule has 0 spiro atoms. The minimum Gasteiger partial charge on any atom is -0.543 e. The van der Waals surface area contributed by atoms with Crippen molar-refractivity contribution in [3.63, 3.8) is 0 Å². The molecule has 5 nitrogen and oxygen atoms in total. The van der Waals surface area contributed by atoms with Gasteiger partial charge in [-0.05, 0) is 18.2 Å². The molecular weight excluding hydrogens is 280 g/mol. The minimum atomic E-state index is -1.31. The van der Waals surface area contributed by atoms with Gasteiger partial charge in [-0.25, -0.2) is 4.68 Å². The number of aromatic nitrogens is 2. The molecular formula is C17H13N2O3-. The van der Waals surface area contributed by atoms with E-state index in [-0.39, 0.29) is 5.69 Å². The summed E-state index contributed by atoms with van der Waals surface area (Å²) in [4.78, 5) is 11.2. The summed E-state index contributed by atoms with van der Waals surface area (Å²) in [6.45, 7) is 0. The maximum absolute atomic E-state index is 11.2. The van der Waals surface area contributed by atoms with E-state index < -0.39 is 5.97 Å². The number of carbonyl (C=O) groups is 1. The summed E-state index contributed by atoms with van der Waals surface area (Å²) in [7, 11) is 1.56. The van der Waals surface area contributed by atoms with Crippen molar-refractivity contribution in [3.8, 4) is 22.7 Å². The molecule has 3 aromatic rings. The third kappa shape index (κ3) is 2.44. The van der Waals surface area contributed by atoms with Gasteiger partial charge in [0.2, 0.25) is 0 Å². The number of nitrogens with zero attached hydrogens (tertiary/aromatic N) is 2. The first kappa shape index (κ1) is 13.9. The predicted molar refractivity (Wildman–Crippen MR) is 79.9 cm³/mol. The van der Waals surface area contributed by atoms with Crippen molar-refractivity contribution in [2.75, 3.05) is 7.11 Å². The largest absolute Gasteiger partial charge is 0.543 e. The molecule has 0 bridgehead atoms. The Labute approximate surface area is 127 Å². The summed E-state index contributed by atoms with van der Waals surface area (Å²) in [6, 6.07) is 18.2. The Kier molecular flexibility index (Phi) is 3.62. The number of carbonyl (C=O) groups excluding carboxylic acids is 1. The molecule has 0 aliphatic carbocycles. The molecule has 0 unspecified atom stereocenters. The van der Waals surface area contributed by atoms with Gasteiger partial charge < -0.3 is 14.6 Å². The van der Waals surface area contributed by atoms with E-state index in [4.69, 9.17) is 4.74 Å². The highest BCUT2D eigenvalue weighted by molar-refractivity contribution is 5.85. The molecule has 0 saturated carbocycles. The van der Waals surface area contributed by atoms with Crippen LogP contribution in [0.2, 0.25) is 0 Å². The highest BCUT2D eigenvalue weighted by atomic mass is 16.5. The molecule has 5 heteroatoms. The van der Waals surface area contributed by atoms with E-state index in [0.717, 1.165) is 5.56 Å². The van der Waals surface area contributed by atoms with Gasteiger partial charge in [0, 0.05) is 5.56 Å². The zero-order valence-electron chi connectivity index (χ0n) is 11.9. The molecule has 0 fully saturated rings. The zero-order valence-corrected chi connectivity index (χ0v) is 11.9. The van der Waals surface area contributed by atoms with E-state index >= 15 is 0 Å². The van der Waals surface area contributed by atoms with E-state index in [1.165, 1.54) is 6.07 Å². The highest BCUT2D eigenvalue weighted by Crippen LogP contribution is 2.28. The Morgan fingerprint density at radius 3 is 2.45 bits per heavy atom. The number of aromatic carboxylic acids is 1. The molecule has 0 atom stereocenters. The zero-order chi connectivity index (χ0) is 15.5. The number of benzene rings is 2. The molecule has 0 N–H and O–H groups in total. The fourth-order valence-corrected chi connectivity index (χ4v) is 2.28. The molecule has 1 heterocycles. The van der Waals surface area contributed by atoms with Crippen molar-refractivity contribution < 1.29 is 14.6 Å². The molecule has 110 valence electrons. The number of rotatable bonds is 4. The van der Waals surface area contributed by atoms with E-state index in [9.17, 15) is 9.90 Å². The average Bonchev–Trinajstić information content (AvgIpc) is 3.01. The Hall–Kier alpha value is -3.08. The highest BCUT2D eigenvalue weighted by Gasteiger charge is 2.14. The summed E-state index contributed by atoms with van der Waals surface area (Å²) >= 11 is 0. The van der Waals surface area contributed by atoms with Gasteiger partial charge >= 0.3 is 0 Å². The van der Waals surface area contributed by atoms with Gasteiger partial charge in [0.15, 0.2) is 0 Å². The Bertz CT molecular complexity index is 810. The third-order valence-corrected chi connectivity index (χ3v) is 3.30. The fraction of sp³-hybridized carbons (Fsp3) is 0.0588. The second kappa shape index (κ2) is 5.73. The maximum atomic E-state index is 11.2. The Morgan fingerprint density at radius 1 is 1.09 bits per heavy atom. The van der Waals surface area contributed by atoms with Crippen LogP contribution in [0.5, 0.6) is 5.75 Å². The Morgan fingerprint density at radius 2 is 1.77 bits per heavy atom. The number of hydrogen-bond donors (Lipinski definition) is 0. The second-order valence-corrected chi connectivity index (χ2v) is 4.65. The van der Waals surface area contributed by atoms with Crippen molar-refractivity contribution in [2.45, 2.75) is 0 Å². The normalized spacial score (nSPS) is 10.4. The summed E-state index contributed by atoms with van der Waals surface area (Å²) < 4.78 is 6.89. The van der Waals surface area contributed by atoms with Crippen molar-refractivity contribution in [3.05, 3.63) is 66.4 Å². The Balaban J connectivity index is 2.24. The molecule has 0 saturated heterocycles. The summed E-state index contributed by atoms with van der Waals surface area (Å²) in [5, 5.41) is 15.3. The quantitative estimate of drug-likeness (QED) is 0.737. The monoisotopic (exact) mass is 293 g/mol. The van der Waals surface area contributed by atoms with Gasteiger partial charge in [0.05, 0.1) is 18.8 Å². The van der Waals surface area contributed by atoms with Crippen LogP contribution >= 0.6 is 0 Å². The van der Waals surface area contributed by atoms with Gasteiger partial charge in [-0.15, -0.1) is 0 Å². The van der Waals surface area contributed by atoms with Crippen LogP contribution in [0.25, 0.3) is 16.9 Å². The van der Waals surface area contributed by atoms with Gasteiger partial charge in [-0.2, -0.15) is 5.10 Å². The van der Waals surface area contributed by atoms with E-state index in [1.54, 1.807) is 17.9 Å². The topological polar surface area (TPSA) is 67.2 Å². The molecule has 0 radical (unpaired) electrons. The van der Waals surface area contributed by atoms with Gasteiger partial charge in [-0.3, -0.25) is 0 Å². The number of para-hydroxylation sites is 2. The van der Waals surface area contributed by atoms with E-state index in [2.05, 4.69) is 5.10 Å². The number of methoxy groups -OCH3 is 1. The lowest BCUT2D eigenvalue weighted by molar-refractivity contribution is -0.255. The lowest BCUT2D eigenvalue weighted by Crippen LogP contribution is -2.23. The first-order valence-electron chi connectivity index (χ1n) is 6.71.